The first-order chi connectivity index (χ1) is 20.8. The van der Waals surface area contributed by atoms with Crippen LogP contribution in [0, 0.1) is 0 Å². The molecule has 4 heterocycles. The summed E-state index contributed by atoms with van der Waals surface area (Å²) in [6.45, 7) is 0. The monoisotopic (exact) mass is 537 g/mol. The van der Waals surface area contributed by atoms with Crippen LogP contribution in [0.25, 0.3) is 82.8 Å². The third-order valence-corrected chi connectivity index (χ3v) is 8.77. The Labute approximate surface area is 239 Å². The van der Waals surface area contributed by atoms with Crippen molar-refractivity contribution in [2.45, 2.75) is 0 Å². The molecule has 0 saturated carbocycles. The van der Waals surface area contributed by atoms with E-state index in [-0.39, 0.29) is 0 Å². The predicted octanol–water partition coefficient (Wildman–Crippen LogP) is 9.16. The average molecular weight is 538 g/mol. The fourth-order valence-electron chi connectivity index (χ4n) is 6.99. The molecule has 5 heteroatoms. The van der Waals surface area contributed by atoms with Crippen LogP contribution in [0.1, 0.15) is 0 Å². The normalized spacial score (nSPS) is 12.3. The van der Waals surface area contributed by atoms with Gasteiger partial charge in [0.15, 0.2) is 0 Å². The second-order valence-electron chi connectivity index (χ2n) is 11.0. The van der Waals surface area contributed by atoms with Crippen LogP contribution in [0.2, 0.25) is 0 Å². The second kappa shape index (κ2) is 7.89. The van der Waals surface area contributed by atoms with Gasteiger partial charge in [-0.3, -0.25) is 8.97 Å². The lowest BCUT2D eigenvalue weighted by Gasteiger charge is -2.08. The van der Waals surface area contributed by atoms with Crippen LogP contribution in [-0.4, -0.2) is 23.5 Å². The van der Waals surface area contributed by atoms with Gasteiger partial charge in [-0.15, -0.1) is 0 Å². The zero-order valence-electron chi connectivity index (χ0n) is 22.5. The largest absolute Gasteiger partial charge is 0.355 e. The number of rotatable bonds is 2. The number of aromatic amines is 1. The highest BCUT2D eigenvalue weighted by Crippen LogP contribution is 2.39. The maximum atomic E-state index is 5.47. The van der Waals surface area contributed by atoms with Gasteiger partial charge in [-0.1, -0.05) is 66.7 Å². The Morgan fingerprint density at radius 1 is 0.452 bits per heavy atom. The first-order valence-electron chi connectivity index (χ1n) is 14.3. The topological polar surface area (TPSA) is 43.0 Å². The summed E-state index contributed by atoms with van der Waals surface area (Å²) in [5.74, 6) is 0.905. The number of nitrogens with one attached hydrogen (secondary N) is 1. The number of nitrogens with zero attached hydrogens (tertiary/aromatic N) is 4. The highest BCUT2D eigenvalue weighted by molar-refractivity contribution is 6.18. The minimum absolute atomic E-state index is 0.905. The molecule has 0 aliphatic heterocycles. The molecule has 0 unspecified atom stereocenters. The molecule has 42 heavy (non-hydrogen) atoms. The lowest BCUT2D eigenvalue weighted by atomic mass is 10.1. The van der Waals surface area contributed by atoms with Crippen LogP contribution in [0.15, 0.2) is 133 Å². The highest BCUT2D eigenvalue weighted by atomic mass is 15.2. The van der Waals surface area contributed by atoms with E-state index in [0.717, 1.165) is 55.8 Å². The van der Waals surface area contributed by atoms with Crippen molar-refractivity contribution >= 4 is 71.5 Å². The molecule has 6 aromatic carbocycles. The predicted molar refractivity (Wildman–Crippen MR) is 173 cm³/mol. The summed E-state index contributed by atoms with van der Waals surface area (Å²) >= 11 is 0. The van der Waals surface area contributed by atoms with Gasteiger partial charge in [0.25, 0.3) is 0 Å². The van der Waals surface area contributed by atoms with Crippen molar-refractivity contribution in [3.63, 3.8) is 0 Å². The first-order valence-corrected chi connectivity index (χ1v) is 14.3. The van der Waals surface area contributed by atoms with Crippen LogP contribution in [0.3, 0.4) is 0 Å². The van der Waals surface area contributed by atoms with E-state index in [2.05, 4.69) is 152 Å². The average Bonchev–Trinajstić information content (AvgIpc) is 3.78. The zero-order valence-corrected chi connectivity index (χ0v) is 22.5. The van der Waals surface area contributed by atoms with Crippen molar-refractivity contribution in [1.29, 1.82) is 0 Å². The first kappa shape index (κ1) is 21.9. The fourth-order valence-corrected chi connectivity index (χ4v) is 6.99. The summed E-state index contributed by atoms with van der Waals surface area (Å²) in [6, 6.07) is 47.5. The Bertz CT molecular complexity index is 2680. The second-order valence-corrected chi connectivity index (χ2v) is 11.0. The quantitative estimate of drug-likeness (QED) is 0.235. The van der Waals surface area contributed by atoms with Gasteiger partial charge in [-0.25, -0.2) is 4.98 Å². The number of fused-ring (bicyclic) bond motifs is 12. The number of hydrogen-bond donors (Lipinski definition) is 1. The van der Waals surface area contributed by atoms with E-state index in [4.69, 9.17) is 4.98 Å². The summed E-state index contributed by atoms with van der Waals surface area (Å²) in [6.07, 6.45) is 0. The van der Waals surface area contributed by atoms with Crippen LogP contribution < -0.4 is 0 Å². The summed E-state index contributed by atoms with van der Waals surface area (Å²) in [4.78, 5) is 9.03. The van der Waals surface area contributed by atoms with Crippen molar-refractivity contribution in [3.05, 3.63) is 133 Å². The number of imidazole rings is 2. The summed E-state index contributed by atoms with van der Waals surface area (Å²) in [5.41, 5.74) is 11.2. The fraction of sp³-hybridized carbons (Fsp3) is 0. The Kier molecular flexibility index (Phi) is 4.12. The molecule has 1 N–H and O–H groups in total. The Morgan fingerprint density at radius 3 is 2.05 bits per heavy atom. The molecule has 0 amide bonds. The molecule has 0 radical (unpaired) electrons. The standard InChI is InChI=1S/C37H23N5/c1-2-10-23(11-3-1)40-31-15-7-5-13-26(31)27-19-21-34-35(36(27)40)39-37-41(32-16-8-9-17-33(32)42(34)37)24-18-20-30-28(22-24)25-12-4-6-14-29(25)38-30/h1-22,38H. The molecule has 0 aliphatic carbocycles. The van der Waals surface area contributed by atoms with Gasteiger partial charge in [0.05, 0.1) is 27.6 Å². The number of para-hydroxylation sites is 5. The van der Waals surface area contributed by atoms with E-state index in [1.165, 1.54) is 27.1 Å². The molecule has 0 spiro atoms. The lowest BCUT2D eigenvalue weighted by Crippen LogP contribution is -1.95. The molecule has 0 atom stereocenters. The van der Waals surface area contributed by atoms with Gasteiger partial charge in [0.2, 0.25) is 5.78 Å². The molecule has 10 aromatic rings. The van der Waals surface area contributed by atoms with E-state index >= 15 is 0 Å². The van der Waals surface area contributed by atoms with E-state index < -0.39 is 0 Å². The maximum Gasteiger partial charge on any atom is 0.220 e. The summed E-state index contributed by atoms with van der Waals surface area (Å²) < 4.78 is 6.98. The zero-order chi connectivity index (χ0) is 27.4. The smallest absolute Gasteiger partial charge is 0.220 e. The summed E-state index contributed by atoms with van der Waals surface area (Å²) in [7, 11) is 0. The molecule has 0 aliphatic rings. The number of H-pyrrole nitrogens is 1. The molecule has 5 nitrogen and oxygen atoms in total. The molecule has 196 valence electrons. The SMILES string of the molecule is c1ccc(-n2c3ccccc3c3ccc4c(nc5n(-c6ccc7[nH]c8ccccc8c7c6)c6ccccc6n45)c32)cc1. The highest BCUT2D eigenvalue weighted by Gasteiger charge is 2.22. The van der Waals surface area contributed by atoms with Gasteiger partial charge < -0.3 is 9.55 Å². The summed E-state index contributed by atoms with van der Waals surface area (Å²) in [5, 5.41) is 4.87. The van der Waals surface area contributed by atoms with Crippen molar-refractivity contribution in [2.75, 3.05) is 0 Å². The molecular formula is C37H23N5. The Hall–Kier alpha value is -5.81. The van der Waals surface area contributed by atoms with Crippen LogP contribution >= 0.6 is 0 Å². The van der Waals surface area contributed by atoms with Gasteiger partial charge in [0, 0.05) is 44.0 Å². The number of hydrogen-bond acceptors (Lipinski definition) is 1. The van der Waals surface area contributed by atoms with Gasteiger partial charge >= 0.3 is 0 Å². The molecule has 0 bridgehead atoms. The van der Waals surface area contributed by atoms with Gasteiger partial charge in [-0.2, -0.15) is 0 Å². The number of benzene rings is 6. The van der Waals surface area contributed by atoms with Crippen molar-refractivity contribution in [1.82, 2.24) is 23.5 Å². The van der Waals surface area contributed by atoms with E-state index in [1.54, 1.807) is 0 Å². The van der Waals surface area contributed by atoms with Crippen LogP contribution in [-0.2, 0) is 0 Å². The third kappa shape index (κ3) is 2.74. The van der Waals surface area contributed by atoms with Gasteiger partial charge in [-0.05, 0) is 66.7 Å². The minimum atomic E-state index is 0.905. The third-order valence-electron chi connectivity index (χ3n) is 8.77. The van der Waals surface area contributed by atoms with Gasteiger partial charge in [0.1, 0.15) is 5.52 Å². The molecule has 0 saturated heterocycles. The van der Waals surface area contributed by atoms with Crippen molar-refractivity contribution < 1.29 is 0 Å². The molecular weight excluding hydrogens is 514 g/mol. The Balaban J connectivity index is 1.37. The molecule has 4 aromatic heterocycles. The van der Waals surface area contributed by atoms with E-state index in [0.29, 0.717) is 0 Å². The van der Waals surface area contributed by atoms with Crippen LogP contribution in [0.5, 0.6) is 0 Å². The minimum Gasteiger partial charge on any atom is -0.355 e. The maximum absolute atomic E-state index is 5.47. The lowest BCUT2D eigenvalue weighted by molar-refractivity contribution is 1.11. The Morgan fingerprint density at radius 2 is 1.17 bits per heavy atom. The van der Waals surface area contributed by atoms with Crippen molar-refractivity contribution in [3.8, 4) is 11.4 Å². The molecule has 0 fully saturated rings. The van der Waals surface area contributed by atoms with Crippen molar-refractivity contribution in [2.24, 2.45) is 0 Å². The molecule has 10 rings (SSSR count). The van der Waals surface area contributed by atoms with Crippen LogP contribution in [0.4, 0.5) is 0 Å². The van der Waals surface area contributed by atoms with E-state index in [9.17, 15) is 0 Å². The number of aromatic nitrogens is 5. The van der Waals surface area contributed by atoms with E-state index in [1.807, 2.05) is 0 Å².